The molecule has 1 aliphatic rings. The summed E-state index contributed by atoms with van der Waals surface area (Å²) in [5, 5.41) is 4.55. The van der Waals surface area contributed by atoms with E-state index in [1.54, 1.807) is 0 Å². The fourth-order valence-corrected chi connectivity index (χ4v) is 12.7. The molecule has 0 atom stereocenters. The van der Waals surface area contributed by atoms with Gasteiger partial charge in [-0.1, -0.05) is 114 Å². The normalized spacial score (nSPS) is 13.6. The van der Waals surface area contributed by atoms with Crippen LogP contribution < -0.4 is 21.7 Å². The Morgan fingerprint density at radius 3 is 1.09 bits per heavy atom. The van der Waals surface area contributed by atoms with Gasteiger partial charge in [0.1, 0.15) is 0 Å². The topological polar surface area (TPSA) is 88.0 Å². The van der Waals surface area contributed by atoms with Crippen LogP contribution >= 0.6 is 0 Å². The molecule has 0 saturated carbocycles. The summed E-state index contributed by atoms with van der Waals surface area (Å²) in [6.45, 7) is 13.5. The van der Waals surface area contributed by atoms with E-state index < -0.39 is 5.41 Å². The predicted molar refractivity (Wildman–Crippen MR) is 307 cm³/mol. The summed E-state index contributed by atoms with van der Waals surface area (Å²) in [6.07, 6.45) is 0.921. The van der Waals surface area contributed by atoms with Gasteiger partial charge in [-0.2, -0.15) is 0 Å². The van der Waals surface area contributed by atoms with Crippen LogP contribution in [0.5, 0.6) is 0 Å². The van der Waals surface area contributed by atoms with Crippen molar-refractivity contribution in [2.75, 3.05) is 0 Å². The van der Waals surface area contributed by atoms with Gasteiger partial charge in [0.05, 0.1) is 49.5 Å². The largest absolute Gasteiger partial charge is 0.343 e. The molecule has 8 nitrogen and oxygen atoms in total. The third-order valence-electron chi connectivity index (χ3n) is 17.4. The SMILES string of the molecule is CCC(C)(C)c1ccc2c(c1)C(c1ccc3c(c1)c(=O)c1cc4c(cc1n3C)c(=O)c1ccccc1n4C)(c1ccc3c(c1)c(=O)c1cc4c(cc1n3C)c(=O)c1ccccc1n4C)c1cc(C(C)(C)C)ccc1-2. The fraction of sp³-hybridized carbons (Fsp3) is 0.212. The lowest BCUT2D eigenvalue weighted by Gasteiger charge is -2.36. The second-order valence-electron chi connectivity index (χ2n) is 22.6. The van der Waals surface area contributed by atoms with Gasteiger partial charge in [-0.15, -0.1) is 0 Å². The van der Waals surface area contributed by atoms with Gasteiger partial charge >= 0.3 is 0 Å². The molecule has 4 heterocycles. The van der Waals surface area contributed by atoms with Gasteiger partial charge in [-0.25, -0.2) is 0 Å². The van der Waals surface area contributed by atoms with Crippen molar-refractivity contribution in [2.24, 2.45) is 28.2 Å². The van der Waals surface area contributed by atoms with Crippen LogP contribution in [0.25, 0.3) is 98.4 Å². The number of para-hydroxylation sites is 2. The fourth-order valence-electron chi connectivity index (χ4n) is 12.7. The number of hydrogen-bond donors (Lipinski definition) is 0. The summed E-state index contributed by atoms with van der Waals surface area (Å²) in [7, 11) is 7.84. The Bertz CT molecular complexity index is 4570. The number of aromatic nitrogens is 4. The minimum absolute atomic E-state index is 0.0648. The highest BCUT2D eigenvalue weighted by Crippen LogP contribution is 2.58. The molecule has 0 saturated heterocycles. The van der Waals surface area contributed by atoms with Crippen LogP contribution in [0.1, 0.15) is 81.3 Å². The molecule has 0 amide bonds. The van der Waals surface area contributed by atoms with Gasteiger partial charge < -0.3 is 18.3 Å². The van der Waals surface area contributed by atoms with Gasteiger partial charge in [0.2, 0.25) is 0 Å². The Balaban J connectivity index is 1.16. The van der Waals surface area contributed by atoms with Crippen LogP contribution in [0.4, 0.5) is 0 Å². The highest BCUT2D eigenvalue weighted by Gasteiger charge is 2.48. The molecule has 364 valence electrons. The van der Waals surface area contributed by atoms with E-state index in [2.05, 4.69) is 114 Å². The number of pyridine rings is 4. The summed E-state index contributed by atoms with van der Waals surface area (Å²) >= 11 is 0. The second kappa shape index (κ2) is 15.3. The van der Waals surface area contributed by atoms with Crippen molar-refractivity contribution in [3.63, 3.8) is 0 Å². The van der Waals surface area contributed by atoms with E-state index in [0.717, 1.165) is 61.9 Å². The van der Waals surface area contributed by atoms with Crippen LogP contribution in [0.3, 0.4) is 0 Å². The average molecular weight is 969 g/mol. The summed E-state index contributed by atoms with van der Waals surface area (Å²) in [6, 6.07) is 49.2. The Kier molecular flexibility index (Phi) is 9.43. The molecule has 0 N–H and O–H groups in total. The number of aryl methyl sites for hydroxylation is 4. The maximum absolute atomic E-state index is 15.5. The summed E-state index contributed by atoms with van der Waals surface area (Å²) in [5.41, 5.74) is 12.7. The molecule has 0 aliphatic heterocycles. The number of nitrogens with zero attached hydrogens (tertiary/aromatic N) is 4. The van der Waals surface area contributed by atoms with E-state index in [1.807, 2.05) is 119 Å². The minimum atomic E-state index is -1.01. The average Bonchev–Trinajstić information content (AvgIpc) is 3.74. The quantitative estimate of drug-likeness (QED) is 0.164. The molecular weight excluding hydrogens is 913 g/mol. The van der Waals surface area contributed by atoms with E-state index in [-0.39, 0.29) is 32.5 Å². The molecule has 8 heteroatoms. The Hall–Kier alpha value is -8.36. The molecular formula is C66H56N4O4. The zero-order chi connectivity index (χ0) is 51.7. The lowest BCUT2D eigenvalue weighted by atomic mass is 9.65. The molecule has 0 spiro atoms. The smallest absolute Gasteiger partial charge is 0.197 e. The highest BCUT2D eigenvalue weighted by atomic mass is 16.1. The monoisotopic (exact) mass is 968 g/mol. The van der Waals surface area contributed by atoms with Gasteiger partial charge in [0, 0.05) is 71.3 Å². The molecule has 13 rings (SSSR count). The lowest BCUT2D eigenvalue weighted by molar-refractivity contribution is 0.505. The van der Waals surface area contributed by atoms with Gasteiger partial charge in [-0.3, -0.25) is 19.2 Å². The Labute approximate surface area is 427 Å². The first-order valence-electron chi connectivity index (χ1n) is 25.6. The number of hydrogen-bond acceptors (Lipinski definition) is 4. The lowest BCUT2D eigenvalue weighted by Crippen LogP contribution is -2.30. The number of benzene rings is 8. The Morgan fingerprint density at radius 1 is 0.365 bits per heavy atom. The van der Waals surface area contributed by atoms with Crippen molar-refractivity contribution in [1.29, 1.82) is 0 Å². The molecule has 1 aliphatic carbocycles. The number of rotatable bonds is 4. The molecule has 4 aromatic heterocycles. The standard InChI is InChI=1S/C66H56N4O4/c1-11-65(5,6)37-21-25-41-40-24-20-36(64(2,3)4)30-50(40)66(51(41)31-37,38-22-26-54-44(28-38)62(73)48-34-56-46(32-58(48)69(54)9)60(71)42-16-12-14-18-52(42)67(56)7)39-23-27-55-45(29-39)63(74)49-35-57-47(33-59(49)70(55)10)61(72)43-17-13-15-19-53(43)68(57)8/h12-35H,11H2,1-10H3. The maximum Gasteiger partial charge on any atom is 0.197 e. The predicted octanol–water partition coefficient (Wildman–Crippen LogP) is 13.1. The van der Waals surface area contributed by atoms with Crippen LogP contribution in [-0.2, 0) is 44.4 Å². The molecule has 0 unspecified atom stereocenters. The zero-order valence-electron chi connectivity index (χ0n) is 43.5. The van der Waals surface area contributed by atoms with Crippen molar-refractivity contribution in [2.45, 2.75) is 64.2 Å². The highest BCUT2D eigenvalue weighted by molar-refractivity contribution is 6.06. The third-order valence-corrected chi connectivity index (χ3v) is 17.4. The molecule has 8 aromatic carbocycles. The van der Waals surface area contributed by atoms with Gasteiger partial charge in [0.15, 0.2) is 21.7 Å². The Morgan fingerprint density at radius 2 is 0.703 bits per heavy atom. The maximum atomic E-state index is 15.5. The van der Waals surface area contributed by atoms with Crippen molar-refractivity contribution in [1.82, 2.24) is 18.3 Å². The third kappa shape index (κ3) is 5.96. The van der Waals surface area contributed by atoms with Crippen LogP contribution in [0.15, 0.2) is 165 Å². The van der Waals surface area contributed by atoms with E-state index >= 15 is 9.59 Å². The van der Waals surface area contributed by atoms with E-state index in [4.69, 9.17) is 0 Å². The first kappa shape index (κ1) is 45.5. The van der Waals surface area contributed by atoms with E-state index in [1.165, 1.54) is 11.1 Å². The molecule has 12 aromatic rings. The van der Waals surface area contributed by atoms with E-state index in [0.29, 0.717) is 65.2 Å². The van der Waals surface area contributed by atoms with Crippen molar-refractivity contribution in [3.8, 4) is 11.1 Å². The van der Waals surface area contributed by atoms with Gasteiger partial charge in [0.25, 0.3) is 0 Å². The molecule has 0 radical (unpaired) electrons. The molecule has 74 heavy (non-hydrogen) atoms. The van der Waals surface area contributed by atoms with E-state index in [9.17, 15) is 9.59 Å². The summed E-state index contributed by atoms with van der Waals surface area (Å²) < 4.78 is 8.10. The van der Waals surface area contributed by atoms with Crippen LogP contribution in [0, 0.1) is 0 Å². The summed E-state index contributed by atoms with van der Waals surface area (Å²) in [4.78, 5) is 59.1. The first-order valence-corrected chi connectivity index (χ1v) is 25.6. The minimum Gasteiger partial charge on any atom is -0.343 e. The molecule has 0 bridgehead atoms. The van der Waals surface area contributed by atoms with Crippen LogP contribution in [0.2, 0.25) is 0 Å². The first-order chi connectivity index (χ1) is 35.3. The molecule has 0 fully saturated rings. The van der Waals surface area contributed by atoms with Gasteiger partial charge in [-0.05, 0) is 135 Å². The second-order valence-corrected chi connectivity index (χ2v) is 22.6. The number of fused-ring (bicyclic) bond motifs is 11. The van der Waals surface area contributed by atoms with Crippen molar-refractivity contribution >= 4 is 87.2 Å². The zero-order valence-corrected chi connectivity index (χ0v) is 43.5. The van der Waals surface area contributed by atoms with Crippen molar-refractivity contribution < 1.29 is 0 Å². The van der Waals surface area contributed by atoms with Crippen LogP contribution in [-0.4, -0.2) is 18.3 Å². The van der Waals surface area contributed by atoms with Crippen molar-refractivity contribution in [3.05, 3.63) is 220 Å². The summed E-state index contributed by atoms with van der Waals surface area (Å²) in [5.74, 6) is 0.